The number of aryl methyl sites for hydroxylation is 1. The Kier molecular flexibility index (Phi) is 9.49. The molecule has 0 heterocycles. The molecule has 4 nitrogen and oxygen atoms in total. The van der Waals surface area contributed by atoms with E-state index >= 15 is 0 Å². The van der Waals surface area contributed by atoms with E-state index in [9.17, 15) is 9.59 Å². The van der Waals surface area contributed by atoms with Gasteiger partial charge in [-0.25, -0.2) is 0 Å². The van der Waals surface area contributed by atoms with E-state index in [0.29, 0.717) is 19.4 Å². The fourth-order valence-electron chi connectivity index (χ4n) is 3.96. The third-order valence-corrected chi connectivity index (χ3v) is 5.64. The third kappa shape index (κ3) is 8.49. The second-order valence-corrected chi connectivity index (χ2v) is 10.0. The Morgan fingerprint density at radius 2 is 1.66 bits per heavy atom. The van der Waals surface area contributed by atoms with Crippen LogP contribution < -0.4 is 0 Å². The van der Waals surface area contributed by atoms with E-state index in [4.69, 9.17) is 5.11 Å². The summed E-state index contributed by atoms with van der Waals surface area (Å²) < 4.78 is 0. The molecule has 0 aliphatic carbocycles. The highest BCUT2D eigenvalue weighted by molar-refractivity contribution is 5.76. The van der Waals surface area contributed by atoms with Crippen LogP contribution in [0.3, 0.4) is 0 Å². The van der Waals surface area contributed by atoms with Gasteiger partial charge in [0, 0.05) is 26.4 Å². The average Bonchev–Trinajstić information content (AvgIpc) is 2.71. The molecular weight excluding hydrogens is 398 g/mol. The van der Waals surface area contributed by atoms with Crippen LogP contribution in [0.5, 0.6) is 0 Å². The number of carbonyl (C=O) groups is 2. The Labute approximate surface area is 193 Å². The zero-order chi connectivity index (χ0) is 23.7. The van der Waals surface area contributed by atoms with Gasteiger partial charge >= 0.3 is 5.97 Å². The highest BCUT2D eigenvalue weighted by Crippen LogP contribution is 2.29. The van der Waals surface area contributed by atoms with Crippen LogP contribution in [0, 0.1) is 5.41 Å². The van der Waals surface area contributed by atoms with Gasteiger partial charge in [0.2, 0.25) is 5.91 Å². The fourth-order valence-corrected chi connectivity index (χ4v) is 3.96. The number of carboxylic acid groups (broad SMARTS) is 1. The van der Waals surface area contributed by atoms with Crippen molar-refractivity contribution in [2.24, 2.45) is 5.41 Å². The minimum absolute atomic E-state index is 0.110. The summed E-state index contributed by atoms with van der Waals surface area (Å²) in [6, 6.07) is 14.7. The third-order valence-electron chi connectivity index (χ3n) is 5.64. The van der Waals surface area contributed by atoms with Crippen LogP contribution >= 0.6 is 0 Å². The van der Waals surface area contributed by atoms with Gasteiger partial charge in [-0.2, -0.15) is 0 Å². The Balaban J connectivity index is 2.22. The molecule has 0 unspecified atom stereocenters. The van der Waals surface area contributed by atoms with Crippen LogP contribution in [0.4, 0.5) is 0 Å². The number of benzene rings is 2. The topological polar surface area (TPSA) is 57.6 Å². The van der Waals surface area contributed by atoms with E-state index in [2.05, 4.69) is 64.1 Å². The molecular formula is C28H39NO3. The maximum atomic E-state index is 12.4. The monoisotopic (exact) mass is 437 g/mol. The molecule has 1 N–H and O–H groups in total. The number of hydrogen-bond acceptors (Lipinski definition) is 2. The number of aliphatic carboxylic acids is 1. The molecule has 0 bridgehead atoms. The number of carboxylic acids is 1. The van der Waals surface area contributed by atoms with Gasteiger partial charge in [0.05, 0.1) is 0 Å². The number of carbonyl (C=O) groups excluding carboxylic acids is 1. The summed E-state index contributed by atoms with van der Waals surface area (Å²) >= 11 is 0. The molecule has 2 aromatic carbocycles. The lowest BCUT2D eigenvalue weighted by molar-refractivity contribution is -0.137. The standard InChI is InChI=1S/C28H39NO3/c1-6-7-8-12-26(30)29(5)20-21-10-9-11-23(17-21)24-14-13-22(15-16-27(31)32)25(18-24)19-28(2,3)4/h9-11,13-14,17-18H,6-8,12,15-16,19-20H2,1-5H3,(H,31,32). The molecule has 0 saturated heterocycles. The molecule has 1 amide bonds. The van der Waals surface area contributed by atoms with E-state index in [-0.39, 0.29) is 17.7 Å². The molecule has 0 spiro atoms. The van der Waals surface area contributed by atoms with Crippen LogP contribution in [0.15, 0.2) is 42.5 Å². The van der Waals surface area contributed by atoms with Crippen LogP contribution in [0.25, 0.3) is 11.1 Å². The number of unbranched alkanes of at least 4 members (excludes halogenated alkanes) is 2. The molecule has 0 aliphatic heterocycles. The molecule has 0 radical (unpaired) electrons. The molecule has 0 aromatic heterocycles. The van der Waals surface area contributed by atoms with Crippen molar-refractivity contribution in [2.45, 2.75) is 79.2 Å². The second-order valence-electron chi connectivity index (χ2n) is 10.0. The maximum Gasteiger partial charge on any atom is 0.303 e. The highest BCUT2D eigenvalue weighted by Gasteiger charge is 2.16. The van der Waals surface area contributed by atoms with Crippen molar-refractivity contribution < 1.29 is 14.7 Å². The van der Waals surface area contributed by atoms with Crippen molar-refractivity contribution in [1.82, 2.24) is 4.90 Å². The summed E-state index contributed by atoms with van der Waals surface area (Å²) in [5.74, 6) is -0.573. The summed E-state index contributed by atoms with van der Waals surface area (Å²) in [7, 11) is 1.87. The molecule has 0 aliphatic rings. The average molecular weight is 438 g/mol. The van der Waals surface area contributed by atoms with Gasteiger partial charge < -0.3 is 10.0 Å². The van der Waals surface area contributed by atoms with Crippen molar-refractivity contribution in [3.63, 3.8) is 0 Å². The number of hydrogen-bond donors (Lipinski definition) is 1. The Morgan fingerprint density at radius 1 is 0.938 bits per heavy atom. The molecule has 2 aromatic rings. The Morgan fingerprint density at radius 3 is 2.31 bits per heavy atom. The molecule has 0 saturated carbocycles. The predicted octanol–water partition coefficient (Wildman–Crippen LogP) is 6.50. The first-order valence-corrected chi connectivity index (χ1v) is 11.8. The molecule has 2 rings (SSSR count). The minimum Gasteiger partial charge on any atom is -0.481 e. The molecule has 0 atom stereocenters. The Hall–Kier alpha value is -2.62. The van der Waals surface area contributed by atoms with E-state index in [1.165, 1.54) is 5.56 Å². The van der Waals surface area contributed by atoms with Gasteiger partial charge in [-0.05, 0) is 58.6 Å². The summed E-state index contributed by atoms with van der Waals surface area (Å²) in [5.41, 5.74) is 5.79. The second kappa shape index (κ2) is 11.8. The van der Waals surface area contributed by atoms with Gasteiger partial charge in [-0.1, -0.05) is 76.9 Å². The molecule has 174 valence electrons. The number of nitrogens with zero attached hydrogens (tertiary/aromatic N) is 1. The molecule has 4 heteroatoms. The number of amides is 1. The predicted molar refractivity (Wildman–Crippen MR) is 132 cm³/mol. The lowest BCUT2D eigenvalue weighted by Gasteiger charge is -2.21. The fraction of sp³-hybridized carbons (Fsp3) is 0.500. The maximum absolute atomic E-state index is 12.4. The SMILES string of the molecule is CCCCCC(=O)N(C)Cc1cccc(-c2ccc(CCC(=O)O)c(CC(C)(C)C)c2)c1. The molecule has 32 heavy (non-hydrogen) atoms. The van der Waals surface area contributed by atoms with Crippen LogP contribution in [-0.4, -0.2) is 28.9 Å². The largest absolute Gasteiger partial charge is 0.481 e. The number of rotatable bonds is 11. The summed E-state index contributed by atoms with van der Waals surface area (Å²) in [5, 5.41) is 9.10. The van der Waals surface area contributed by atoms with Gasteiger partial charge in [0.15, 0.2) is 0 Å². The van der Waals surface area contributed by atoms with E-state index in [0.717, 1.165) is 47.9 Å². The van der Waals surface area contributed by atoms with Crippen molar-refractivity contribution in [2.75, 3.05) is 7.05 Å². The van der Waals surface area contributed by atoms with Crippen molar-refractivity contribution >= 4 is 11.9 Å². The van der Waals surface area contributed by atoms with E-state index in [1.807, 2.05) is 18.0 Å². The summed E-state index contributed by atoms with van der Waals surface area (Å²) in [6.07, 6.45) is 5.35. The van der Waals surface area contributed by atoms with Crippen molar-refractivity contribution in [3.05, 3.63) is 59.2 Å². The van der Waals surface area contributed by atoms with Crippen molar-refractivity contribution in [3.8, 4) is 11.1 Å². The van der Waals surface area contributed by atoms with Crippen molar-refractivity contribution in [1.29, 1.82) is 0 Å². The zero-order valence-electron chi connectivity index (χ0n) is 20.4. The quantitative estimate of drug-likeness (QED) is 0.408. The first-order chi connectivity index (χ1) is 15.1. The first kappa shape index (κ1) is 25.6. The van der Waals surface area contributed by atoms with E-state index in [1.54, 1.807) is 0 Å². The van der Waals surface area contributed by atoms with Gasteiger partial charge in [0.25, 0.3) is 0 Å². The lowest BCUT2D eigenvalue weighted by atomic mass is 9.84. The van der Waals surface area contributed by atoms with Crippen LogP contribution in [0.1, 0.15) is 76.5 Å². The Bertz CT molecular complexity index is 911. The van der Waals surface area contributed by atoms with E-state index < -0.39 is 5.97 Å². The molecule has 0 fully saturated rings. The smallest absolute Gasteiger partial charge is 0.303 e. The van der Waals surface area contributed by atoms with Crippen LogP contribution in [-0.2, 0) is 29.0 Å². The lowest BCUT2D eigenvalue weighted by Crippen LogP contribution is -2.25. The van der Waals surface area contributed by atoms with Gasteiger partial charge in [-0.3, -0.25) is 9.59 Å². The first-order valence-electron chi connectivity index (χ1n) is 11.8. The highest BCUT2D eigenvalue weighted by atomic mass is 16.4. The van der Waals surface area contributed by atoms with Gasteiger partial charge in [0.1, 0.15) is 0 Å². The summed E-state index contributed by atoms with van der Waals surface area (Å²) in [4.78, 5) is 25.3. The normalized spacial score (nSPS) is 11.4. The minimum atomic E-state index is -0.767. The zero-order valence-corrected chi connectivity index (χ0v) is 20.4. The van der Waals surface area contributed by atoms with Crippen LogP contribution in [0.2, 0.25) is 0 Å². The summed E-state index contributed by atoms with van der Waals surface area (Å²) in [6.45, 7) is 9.35. The van der Waals surface area contributed by atoms with Gasteiger partial charge in [-0.15, -0.1) is 0 Å².